The summed E-state index contributed by atoms with van der Waals surface area (Å²) in [6.45, 7) is 0.813. The molecule has 1 aromatic rings. The fourth-order valence-electron chi connectivity index (χ4n) is 1.98. The second kappa shape index (κ2) is 2.88. The first-order valence-electron chi connectivity index (χ1n) is 5.14. The van der Waals surface area contributed by atoms with Crippen LogP contribution in [0.15, 0.2) is 4.79 Å². The molecule has 1 aromatic heterocycles. The average molecular weight is 207 g/mol. The highest BCUT2D eigenvalue weighted by atomic mass is 16.1. The number of nitrogens with zero attached hydrogens (tertiary/aromatic N) is 1. The summed E-state index contributed by atoms with van der Waals surface area (Å²) in [6.07, 6.45) is 2.49. The number of hydrogen-bond donors (Lipinski definition) is 4. The molecule has 1 fully saturated rings. The predicted octanol–water partition coefficient (Wildman–Crippen LogP) is -0.0319. The Morgan fingerprint density at radius 1 is 1.40 bits per heavy atom. The molecule has 6 nitrogen and oxygen atoms in total. The number of H-pyrrole nitrogens is 1. The van der Waals surface area contributed by atoms with Crippen molar-refractivity contribution in [3.05, 3.63) is 10.4 Å². The summed E-state index contributed by atoms with van der Waals surface area (Å²) in [5, 5.41) is 6.37. The Bertz CT molecular complexity index is 450. The molecule has 80 valence electrons. The Morgan fingerprint density at radius 2 is 2.20 bits per heavy atom. The lowest BCUT2D eigenvalue weighted by molar-refractivity contribution is 0.648. The van der Waals surface area contributed by atoms with E-state index in [1.54, 1.807) is 0 Å². The number of nitrogen functional groups attached to an aromatic ring is 1. The van der Waals surface area contributed by atoms with Crippen molar-refractivity contribution in [1.82, 2.24) is 9.97 Å². The Kier molecular flexibility index (Phi) is 1.65. The lowest BCUT2D eigenvalue weighted by Gasteiger charge is -2.26. The molecule has 0 spiro atoms. The number of rotatable bonds is 1. The van der Waals surface area contributed by atoms with Crippen LogP contribution in [0.25, 0.3) is 0 Å². The molecule has 0 saturated heterocycles. The number of anilines is 3. The molecule has 0 bridgehead atoms. The summed E-state index contributed by atoms with van der Waals surface area (Å²) < 4.78 is 0. The van der Waals surface area contributed by atoms with E-state index in [0.29, 0.717) is 23.5 Å². The van der Waals surface area contributed by atoms with Gasteiger partial charge >= 0.3 is 0 Å². The van der Waals surface area contributed by atoms with E-state index in [9.17, 15) is 4.79 Å². The van der Waals surface area contributed by atoms with Crippen molar-refractivity contribution in [1.29, 1.82) is 0 Å². The van der Waals surface area contributed by atoms with Crippen LogP contribution in [0.2, 0.25) is 0 Å². The van der Waals surface area contributed by atoms with Gasteiger partial charge in [-0.15, -0.1) is 0 Å². The Morgan fingerprint density at radius 3 is 2.93 bits per heavy atom. The standard InChI is InChI=1S/C9H13N5O/c10-9-13-7-6(8(15)14-9)12-5(3-11-7)4-1-2-4/h4-5,12H,1-3H2,(H4,10,11,13,14,15). The van der Waals surface area contributed by atoms with E-state index in [0.717, 1.165) is 6.54 Å². The van der Waals surface area contributed by atoms with Crippen LogP contribution in [-0.2, 0) is 0 Å². The smallest absolute Gasteiger partial charge is 0.277 e. The first-order valence-corrected chi connectivity index (χ1v) is 5.14. The van der Waals surface area contributed by atoms with Gasteiger partial charge in [-0.1, -0.05) is 0 Å². The quantitative estimate of drug-likeness (QED) is 0.518. The van der Waals surface area contributed by atoms with Gasteiger partial charge in [-0.05, 0) is 18.8 Å². The van der Waals surface area contributed by atoms with Crippen LogP contribution in [0.3, 0.4) is 0 Å². The first-order chi connectivity index (χ1) is 7.24. The highest BCUT2D eigenvalue weighted by Crippen LogP contribution is 2.36. The zero-order chi connectivity index (χ0) is 10.4. The summed E-state index contributed by atoms with van der Waals surface area (Å²) in [5.41, 5.74) is 5.78. The molecule has 3 rings (SSSR count). The summed E-state index contributed by atoms with van der Waals surface area (Å²) in [6, 6.07) is 0.351. The van der Waals surface area contributed by atoms with E-state index in [1.165, 1.54) is 12.8 Å². The zero-order valence-electron chi connectivity index (χ0n) is 8.21. The molecule has 6 heteroatoms. The molecule has 1 saturated carbocycles. The zero-order valence-corrected chi connectivity index (χ0v) is 8.21. The van der Waals surface area contributed by atoms with Gasteiger partial charge in [0.25, 0.3) is 5.56 Å². The van der Waals surface area contributed by atoms with Crippen molar-refractivity contribution >= 4 is 17.5 Å². The second-order valence-corrected chi connectivity index (χ2v) is 4.14. The molecule has 2 aliphatic rings. The van der Waals surface area contributed by atoms with Crippen LogP contribution < -0.4 is 21.9 Å². The lowest BCUT2D eigenvalue weighted by atomic mass is 10.1. The molecule has 0 aromatic carbocycles. The molecular weight excluding hydrogens is 194 g/mol. The van der Waals surface area contributed by atoms with Crippen molar-refractivity contribution in [2.75, 3.05) is 22.9 Å². The lowest BCUT2D eigenvalue weighted by Crippen LogP contribution is -2.38. The van der Waals surface area contributed by atoms with Crippen molar-refractivity contribution in [2.45, 2.75) is 18.9 Å². The molecular formula is C9H13N5O. The van der Waals surface area contributed by atoms with Crippen molar-refractivity contribution in [3.63, 3.8) is 0 Å². The van der Waals surface area contributed by atoms with E-state index in [-0.39, 0.29) is 11.5 Å². The minimum Gasteiger partial charge on any atom is -0.373 e. The van der Waals surface area contributed by atoms with Crippen molar-refractivity contribution in [2.24, 2.45) is 5.92 Å². The van der Waals surface area contributed by atoms with Crippen LogP contribution in [0.4, 0.5) is 17.5 Å². The molecule has 1 unspecified atom stereocenters. The molecule has 1 atom stereocenters. The van der Waals surface area contributed by atoms with E-state index in [1.807, 2.05) is 0 Å². The third-order valence-corrected chi connectivity index (χ3v) is 2.95. The molecule has 1 aliphatic carbocycles. The molecule has 0 amide bonds. The van der Waals surface area contributed by atoms with Crippen LogP contribution in [0, 0.1) is 5.92 Å². The minimum absolute atomic E-state index is 0.151. The maximum absolute atomic E-state index is 11.6. The summed E-state index contributed by atoms with van der Waals surface area (Å²) in [5.74, 6) is 1.41. The fourth-order valence-corrected chi connectivity index (χ4v) is 1.98. The normalized spacial score (nSPS) is 23.9. The molecule has 2 heterocycles. The number of aromatic amines is 1. The van der Waals surface area contributed by atoms with Gasteiger partial charge in [0.15, 0.2) is 5.82 Å². The summed E-state index contributed by atoms with van der Waals surface area (Å²) >= 11 is 0. The molecule has 1 aliphatic heterocycles. The van der Waals surface area contributed by atoms with Crippen LogP contribution in [0.1, 0.15) is 12.8 Å². The highest BCUT2D eigenvalue weighted by molar-refractivity contribution is 5.67. The second-order valence-electron chi connectivity index (χ2n) is 4.14. The van der Waals surface area contributed by atoms with Crippen molar-refractivity contribution in [3.8, 4) is 0 Å². The minimum atomic E-state index is -0.199. The predicted molar refractivity (Wildman–Crippen MR) is 57.9 cm³/mol. The van der Waals surface area contributed by atoms with E-state index in [4.69, 9.17) is 5.73 Å². The molecule has 5 N–H and O–H groups in total. The Balaban J connectivity index is 1.97. The largest absolute Gasteiger partial charge is 0.373 e. The monoisotopic (exact) mass is 207 g/mol. The maximum atomic E-state index is 11.6. The van der Waals surface area contributed by atoms with Crippen molar-refractivity contribution < 1.29 is 0 Å². The molecule has 15 heavy (non-hydrogen) atoms. The van der Waals surface area contributed by atoms with Crippen LogP contribution >= 0.6 is 0 Å². The van der Waals surface area contributed by atoms with E-state index >= 15 is 0 Å². The Labute approximate surface area is 86.3 Å². The van der Waals surface area contributed by atoms with Crippen LogP contribution in [-0.4, -0.2) is 22.6 Å². The van der Waals surface area contributed by atoms with Gasteiger partial charge in [-0.25, -0.2) is 0 Å². The average Bonchev–Trinajstić information content (AvgIpc) is 3.00. The Hall–Kier alpha value is -1.72. The van der Waals surface area contributed by atoms with Gasteiger partial charge in [0.05, 0.1) is 0 Å². The highest BCUT2D eigenvalue weighted by Gasteiger charge is 2.34. The van der Waals surface area contributed by atoms with E-state index in [2.05, 4.69) is 20.6 Å². The van der Waals surface area contributed by atoms with Gasteiger partial charge in [-0.2, -0.15) is 4.98 Å². The van der Waals surface area contributed by atoms with Gasteiger partial charge in [0, 0.05) is 12.6 Å². The number of fused-ring (bicyclic) bond motifs is 1. The van der Waals surface area contributed by atoms with Crippen LogP contribution in [0.5, 0.6) is 0 Å². The number of aromatic nitrogens is 2. The van der Waals surface area contributed by atoms with Gasteiger partial charge in [0.2, 0.25) is 5.95 Å². The third-order valence-electron chi connectivity index (χ3n) is 2.95. The number of nitrogens with one attached hydrogen (secondary N) is 3. The topological polar surface area (TPSA) is 95.8 Å². The number of hydrogen-bond acceptors (Lipinski definition) is 5. The fraction of sp³-hybridized carbons (Fsp3) is 0.556. The van der Waals surface area contributed by atoms with Gasteiger partial charge in [-0.3, -0.25) is 9.78 Å². The molecule has 0 radical (unpaired) electrons. The summed E-state index contributed by atoms with van der Waals surface area (Å²) in [7, 11) is 0. The van der Waals surface area contributed by atoms with Gasteiger partial charge < -0.3 is 16.4 Å². The maximum Gasteiger partial charge on any atom is 0.277 e. The number of nitrogens with two attached hydrogens (primary N) is 1. The summed E-state index contributed by atoms with van der Waals surface area (Å²) in [4.78, 5) is 18.1. The van der Waals surface area contributed by atoms with Gasteiger partial charge in [0.1, 0.15) is 5.69 Å². The SMILES string of the molecule is Nc1nc2c(c(=O)[nH]1)NC(C1CC1)CN2. The van der Waals surface area contributed by atoms with E-state index < -0.39 is 0 Å². The third kappa shape index (κ3) is 1.42. The first kappa shape index (κ1) is 8.58.